The van der Waals surface area contributed by atoms with Gasteiger partial charge >= 0.3 is 12.1 Å². The number of phenols is 1. The first-order chi connectivity index (χ1) is 18.3. The summed E-state index contributed by atoms with van der Waals surface area (Å²) in [6.07, 6.45) is -3.53. The van der Waals surface area contributed by atoms with Crippen LogP contribution in [0.15, 0.2) is 35.9 Å². The Hall–Kier alpha value is -4.22. The molecule has 3 saturated heterocycles. The number of carbonyl (C=O) groups is 2. The molecule has 10 heteroatoms. The summed E-state index contributed by atoms with van der Waals surface area (Å²) < 4.78 is 32.7. The molecule has 5 aliphatic rings. The molecule has 0 radical (unpaired) electrons. The number of rotatable bonds is 4. The minimum Gasteiger partial charge on any atom is -0.507 e. The van der Waals surface area contributed by atoms with Gasteiger partial charge in [-0.3, -0.25) is 0 Å². The maximum Gasteiger partial charge on any atom is 0.508 e. The fraction of sp³-hybridized carbons (Fsp3) is 0.357. The summed E-state index contributed by atoms with van der Waals surface area (Å²) >= 11 is 0. The molecule has 192 valence electrons. The molecule has 1 spiro atoms. The van der Waals surface area contributed by atoms with Crippen LogP contribution >= 0.6 is 0 Å². The lowest BCUT2D eigenvalue weighted by Gasteiger charge is -2.15. The SMILES string of the molecule is COc1cc(C)c2ccc(O)c(C(=O)O[C@@H]3C=C4C#C[C@]5([C@H]6COC(=O)O6)O[C@@H]5C#C[C@H](O)[C@@]45O[C@@H]35)c2c1. The molecule has 2 aromatic rings. The molecule has 7 atom stereocenters. The molecular weight excluding hydrogens is 496 g/mol. The molecule has 3 fully saturated rings. The highest BCUT2D eigenvalue weighted by Gasteiger charge is 2.72. The maximum absolute atomic E-state index is 13.4. The zero-order chi connectivity index (χ0) is 26.4. The van der Waals surface area contributed by atoms with E-state index in [4.69, 9.17) is 28.4 Å². The van der Waals surface area contributed by atoms with Gasteiger partial charge in [-0.25, -0.2) is 9.59 Å². The van der Waals surface area contributed by atoms with E-state index in [1.807, 2.05) is 13.0 Å². The predicted octanol–water partition coefficient (Wildman–Crippen LogP) is 1.52. The van der Waals surface area contributed by atoms with Gasteiger partial charge in [-0.15, -0.1) is 0 Å². The summed E-state index contributed by atoms with van der Waals surface area (Å²) in [7, 11) is 1.52. The second kappa shape index (κ2) is 7.65. The molecule has 0 amide bonds. The van der Waals surface area contributed by atoms with Crippen molar-refractivity contribution in [2.75, 3.05) is 13.7 Å². The monoisotopic (exact) mass is 516 g/mol. The number of carbonyl (C=O) groups excluding carboxylic acids is 2. The predicted molar refractivity (Wildman–Crippen MR) is 127 cm³/mol. The van der Waals surface area contributed by atoms with Crippen LogP contribution in [-0.2, 0) is 23.7 Å². The third-order valence-electron chi connectivity index (χ3n) is 7.58. The molecule has 0 saturated carbocycles. The fourth-order valence-electron chi connectivity index (χ4n) is 5.46. The molecule has 10 nitrogen and oxygen atoms in total. The number of ether oxygens (including phenoxy) is 6. The van der Waals surface area contributed by atoms with Crippen LogP contribution < -0.4 is 4.74 Å². The third-order valence-corrected chi connectivity index (χ3v) is 7.58. The van der Waals surface area contributed by atoms with Gasteiger partial charge in [0, 0.05) is 11.0 Å². The summed E-state index contributed by atoms with van der Waals surface area (Å²) in [5.74, 6) is 11.1. The van der Waals surface area contributed by atoms with Crippen LogP contribution in [0.4, 0.5) is 4.79 Å². The third kappa shape index (κ3) is 3.09. The number of cyclic esters (lactones) is 2. The van der Waals surface area contributed by atoms with Gasteiger partial charge in [0.05, 0.1) is 7.11 Å². The van der Waals surface area contributed by atoms with Gasteiger partial charge in [-0.1, -0.05) is 29.7 Å². The Kier molecular flexibility index (Phi) is 4.62. The number of phenolic OH excluding ortho intramolecular Hbond substituents is 1. The second-order valence-corrected chi connectivity index (χ2v) is 9.68. The van der Waals surface area contributed by atoms with Crippen LogP contribution in [0.5, 0.6) is 11.5 Å². The largest absolute Gasteiger partial charge is 0.508 e. The summed E-state index contributed by atoms with van der Waals surface area (Å²) in [6.45, 7) is 1.84. The normalized spacial score (nSPS) is 35.2. The number of fused-ring (bicyclic) bond motifs is 2. The summed E-state index contributed by atoms with van der Waals surface area (Å²) in [4.78, 5) is 24.8. The van der Waals surface area contributed by atoms with E-state index < -0.39 is 53.8 Å². The van der Waals surface area contributed by atoms with Crippen molar-refractivity contribution in [3.05, 3.63) is 47.0 Å². The van der Waals surface area contributed by atoms with Crippen LogP contribution in [0.2, 0.25) is 0 Å². The zero-order valence-electron chi connectivity index (χ0n) is 20.1. The quantitative estimate of drug-likeness (QED) is 0.350. The van der Waals surface area contributed by atoms with Crippen molar-refractivity contribution in [2.24, 2.45) is 0 Å². The molecule has 38 heavy (non-hydrogen) atoms. The van der Waals surface area contributed by atoms with E-state index >= 15 is 0 Å². The van der Waals surface area contributed by atoms with Gasteiger partial charge in [0.1, 0.15) is 29.8 Å². The van der Waals surface area contributed by atoms with Gasteiger partial charge in [0.15, 0.2) is 30.0 Å². The van der Waals surface area contributed by atoms with E-state index in [-0.39, 0.29) is 17.9 Å². The lowest BCUT2D eigenvalue weighted by molar-refractivity contribution is 0.0339. The van der Waals surface area contributed by atoms with Crippen molar-refractivity contribution in [2.45, 2.75) is 48.6 Å². The average Bonchev–Trinajstić information content (AvgIpc) is 3.73. The molecule has 0 aromatic heterocycles. The first-order valence-corrected chi connectivity index (χ1v) is 11.9. The zero-order valence-corrected chi connectivity index (χ0v) is 20.1. The molecule has 2 N–H and O–H groups in total. The number of methoxy groups -OCH3 is 1. The average molecular weight is 516 g/mol. The van der Waals surface area contributed by atoms with Crippen molar-refractivity contribution in [1.29, 1.82) is 0 Å². The number of aryl methyl sites for hydroxylation is 1. The molecule has 2 aliphatic carbocycles. The Balaban J connectivity index is 1.23. The Bertz CT molecular complexity index is 1600. The number of aliphatic hydroxyl groups excluding tert-OH is 1. The highest BCUT2D eigenvalue weighted by atomic mass is 16.8. The molecule has 0 bridgehead atoms. The minimum absolute atomic E-state index is 0.0126. The van der Waals surface area contributed by atoms with E-state index in [2.05, 4.69) is 23.7 Å². The van der Waals surface area contributed by atoms with E-state index in [0.29, 0.717) is 16.7 Å². The molecule has 3 heterocycles. The van der Waals surface area contributed by atoms with Crippen LogP contribution in [0.3, 0.4) is 0 Å². The second-order valence-electron chi connectivity index (χ2n) is 9.68. The molecule has 3 aliphatic heterocycles. The van der Waals surface area contributed by atoms with Crippen molar-refractivity contribution >= 4 is 22.9 Å². The molecule has 0 unspecified atom stereocenters. The van der Waals surface area contributed by atoms with Gasteiger partial charge in [-0.05, 0) is 42.1 Å². The minimum atomic E-state index is -1.27. The van der Waals surface area contributed by atoms with Crippen molar-refractivity contribution in [3.8, 4) is 35.2 Å². The molecule has 2 aromatic carbocycles. The molecule has 7 rings (SSSR count). The highest BCUT2D eigenvalue weighted by Crippen LogP contribution is 2.54. The maximum atomic E-state index is 13.4. The van der Waals surface area contributed by atoms with Gasteiger partial charge in [0.2, 0.25) is 5.60 Å². The number of hydrogen-bond acceptors (Lipinski definition) is 10. The Morgan fingerprint density at radius 3 is 2.79 bits per heavy atom. The van der Waals surface area contributed by atoms with E-state index in [9.17, 15) is 19.8 Å². The smallest absolute Gasteiger partial charge is 0.507 e. The van der Waals surface area contributed by atoms with Gasteiger partial charge < -0.3 is 38.6 Å². The number of aliphatic hydroxyl groups is 1. The molecular formula is C28H20O10. The fourth-order valence-corrected chi connectivity index (χ4v) is 5.46. The summed E-state index contributed by atoms with van der Waals surface area (Å²) in [5, 5.41) is 22.7. The van der Waals surface area contributed by atoms with Crippen LogP contribution in [0.25, 0.3) is 10.8 Å². The number of esters is 1. The first kappa shape index (κ1) is 22.9. The standard InChI is InChI=1S/C28H20O10/c1-13-9-15(33-2)11-17-16(13)3-4-18(29)23(17)25(31)35-19-10-14-7-8-27(22-12-34-26(32)36-22)21(37-27)6-5-20(30)28(14)24(19)38-28/h3-4,9-11,19-22,24,29-30H,12H2,1-2H3/t19-,20+,21-,22-,24+,27+,28+/m1/s1. The Morgan fingerprint density at radius 2 is 2.03 bits per heavy atom. The van der Waals surface area contributed by atoms with Crippen molar-refractivity contribution < 1.29 is 48.2 Å². The van der Waals surface area contributed by atoms with E-state index in [0.717, 1.165) is 10.9 Å². The lowest BCUT2D eigenvalue weighted by atomic mass is 9.94. The van der Waals surface area contributed by atoms with Crippen LogP contribution in [-0.4, -0.2) is 77.8 Å². The summed E-state index contributed by atoms with van der Waals surface area (Å²) in [5.41, 5.74) is -1.22. The van der Waals surface area contributed by atoms with E-state index in [1.54, 1.807) is 18.2 Å². The Labute approximate surface area is 216 Å². The van der Waals surface area contributed by atoms with Gasteiger partial charge in [0.25, 0.3) is 0 Å². The lowest BCUT2D eigenvalue weighted by Crippen LogP contribution is -2.33. The van der Waals surface area contributed by atoms with Crippen molar-refractivity contribution in [1.82, 2.24) is 0 Å². The highest BCUT2D eigenvalue weighted by molar-refractivity contribution is 6.08. The van der Waals surface area contributed by atoms with Crippen LogP contribution in [0, 0.1) is 30.6 Å². The first-order valence-electron chi connectivity index (χ1n) is 11.9. The number of hydrogen-bond donors (Lipinski definition) is 2. The number of aromatic hydroxyl groups is 1. The summed E-state index contributed by atoms with van der Waals surface area (Å²) in [6, 6.07) is 6.65. The van der Waals surface area contributed by atoms with Crippen molar-refractivity contribution in [3.63, 3.8) is 0 Å². The topological polar surface area (TPSA) is 137 Å². The number of benzene rings is 2. The van der Waals surface area contributed by atoms with Crippen LogP contribution in [0.1, 0.15) is 15.9 Å². The van der Waals surface area contributed by atoms with E-state index in [1.165, 1.54) is 13.2 Å². The van der Waals surface area contributed by atoms with Gasteiger partial charge in [-0.2, -0.15) is 0 Å². The Morgan fingerprint density at radius 1 is 1.18 bits per heavy atom. The number of epoxide rings is 2.